The summed E-state index contributed by atoms with van der Waals surface area (Å²) in [6.07, 6.45) is 0.767. The third-order valence-corrected chi connectivity index (χ3v) is 0.592. The van der Waals surface area contributed by atoms with Gasteiger partial charge in [0.25, 0.3) is 0 Å². The van der Waals surface area contributed by atoms with E-state index in [1.165, 1.54) is 0 Å². The summed E-state index contributed by atoms with van der Waals surface area (Å²) < 4.78 is 30.3. The van der Waals surface area contributed by atoms with E-state index in [0.29, 0.717) is 12.5 Å². The van der Waals surface area contributed by atoms with E-state index < -0.39 is 10.4 Å². The average Bonchev–Trinajstić information content (AvgIpc) is 1.59. The van der Waals surface area contributed by atoms with Crippen molar-refractivity contribution in [3.63, 3.8) is 0 Å². The summed E-state index contributed by atoms with van der Waals surface area (Å²) in [4.78, 5) is 0. The average molecular weight is 164 g/mol. The fraction of sp³-hybridized carbons (Fsp3) is 0. The van der Waals surface area contributed by atoms with E-state index in [1.807, 2.05) is 0 Å². The molecule has 2 N–H and O–H groups in total. The van der Waals surface area contributed by atoms with Crippen molar-refractivity contribution in [3.8, 4) is 0 Å². The maximum atomic E-state index is 9.56. The molecular weight excluding hydrogens is 159 g/mol. The van der Waals surface area contributed by atoms with Crippen molar-refractivity contribution < 1.29 is 53.2 Å². The molecule has 0 aromatic carbocycles. The Labute approximate surface area is 76.1 Å². The second-order valence-corrected chi connectivity index (χ2v) is 1.86. The van der Waals surface area contributed by atoms with Gasteiger partial charge in [-0.1, -0.05) is 0 Å². The van der Waals surface area contributed by atoms with E-state index >= 15 is 0 Å². The Balaban J connectivity index is -0.000000245. The smallest absolute Gasteiger partial charge is 1.00 e. The monoisotopic (exact) mass is 164 g/mol. The normalized spacial score (nSPS) is 10.8. The SMILES string of the molecule is O=S(=O)(O)OC=CO.[H-].[Na+]. The molecule has 0 fully saturated rings. The van der Waals surface area contributed by atoms with Gasteiger partial charge in [0.2, 0.25) is 0 Å². The van der Waals surface area contributed by atoms with Crippen molar-refractivity contribution in [2.24, 2.45) is 0 Å². The van der Waals surface area contributed by atoms with E-state index in [2.05, 4.69) is 4.18 Å². The van der Waals surface area contributed by atoms with Gasteiger partial charge >= 0.3 is 40.0 Å². The Morgan fingerprint density at radius 1 is 1.56 bits per heavy atom. The van der Waals surface area contributed by atoms with Crippen molar-refractivity contribution in [3.05, 3.63) is 12.5 Å². The van der Waals surface area contributed by atoms with Crippen LogP contribution in [0.5, 0.6) is 0 Å². The fourth-order valence-electron chi connectivity index (χ4n) is 0.0951. The van der Waals surface area contributed by atoms with Gasteiger partial charge in [-0.25, -0.2) is 0 Å². The minimum absolute atomic E-state index is 0. The molecule has 0 spiro atoms. The first-order chi connectivity index (χ1) is 3.56. The first-order valence-electron chi connectivity index (χ1n) is 1.51. The topological polar surface area (TPSA) is 83.8 Å². The zero-order valence-electron chi connectivity index (χ0n) is 5.68. The van der Waals surface area contributed by atoms with Crippen LogP contribution in [0.2, 0.25) is 0 Å². The summed E-state index contributed by atoms with van der Waals surface area (Å²) in [7, 11) is -4.43. The third kappa shape index (κ3) is 11.7. The second kappa shape index (κ2) is 5.07. The van der Waals surface area contributed by atoms with Crippen LogP contribution in [0.1, 0.15) is 1.43 Å². The quantitative estimate of drug-likeness (QED) is 0.257. The summed E-state index contributed by atoms with van der Waals surface area (Å²) in [6, 6.07) is 0. The van der Waals surface area contributed by atoms with Gasteiger partial charge in [0, 0.05) is 0 Å². The van der Waals surface area contributed by atoms with Crippen LogP contribution in [0.4, 0.5) is 0 Å². The van der Waals surface area contributed by atoms with Gasteiger partial charge in [-0.3, -0.25) is 4.55 Å². The van der Waals surface area contributed by atoms with Crippen LogP contribution in [-0.4, -0.2) is 18.1 Å². The predicted molar refractivity (Wildman–Crippen MR) is 25.5 cm³/mol. The van der Waals surface area contributed by atoms with E-state index in [9.17, 15) is 8.42 Å². The van der Waals surface area contributed by atoms with Gasteiger partial charge in [0.05, 0.1) is 0 Å². The summed E-state index contributed by atoms with van der Waals surface area (Å²) in [5, 5.41) is 7.75. The molecule has 9 heavy (non-hydrogen) atoms. The Morgan fingerprint density at radius 3 is 2.11 bits per heavy atom. The molecule has 0 aliphatic rings. The standard InChI is InChI=1S/C2H4O5S.Na.H/c3-1-2-7-8(4,5)6;;/h1-3H,(H,4,5,6);;/q;+1;-1. The number of aliphatic hydroxyl groups excluding tert-OH is 1. The molecule has 7 heteroatoms. The van der Waals surface area contributed by atoms with E-state index in [1.54, 1.807) is 0 Å². The van der Waals surface area contributed by atoms with Crippen LogP contribution in [0.3, 0.4) is 0 Å². The molecule has 0 atom stereocenters. The fourth-order valence-corrected chi connectivity index (χ4v) is 0.285. The minimum atomic E-state index is -4.43. The molecule has 5 nitrogen and oxygen atoms in total. The number of rotatable bonds is 2. The van der Waals surface area contributed by atoms with Crippen molar-refractivity contribution >= 4 is 10.4 Å². The first-order valence-corrected chi connectivity index (χ1v) is 2.87. The Bertz CT molecular complexity index is 174. The molecule has 0 saturated carbocycles. The van der Waals surface area contributed by atoms with Gasteiger partial charge in [-0.2, -0.15) is 8.42 Å². The first kappa shape index (κ1) is 12.0. The zero-order chi connectivity index (χ0) is 6.62. The van der Waals surface area contributed by atoms with Gasteiger partial charge in [0.15, 0.2) is 0 Å². The molecule has 0 radical (unpaired) electrons. The van der Waals surface area contributed by atoms with Crippen molar-refractivity contribution in [2.75, 3.05) is 0 Å². The van der Waals surface area contributed by atoms with Crippen LogP contribution < -0.4 is 29.6 Å². The molecule has 0 heterocycles. The summed E-state index contributed by atoms with van der Waals surface area (Å²) in [5.41, 5.74) is 0. The maximum absolute atomic E-state index is 9.56. The Kier molecular flexibility index (Phi) is 6.74. The van der Waals surface area contributed by atoms with Crippen LogP contribution in [0, 0.1) is 0 Å². The molecule has 0 aliphatic carbocycles. The second-order valence-electron chi connectivity index (χ2n) is 0.809. The maximum Gasteiger partial charge on any atom is 1.00 e. The Hall–Kier alpha value is 0.250. The molecule has 0 bridgehead atoms. The van der Waals surface area contributed by atoms with Crippen LogP contribution in [0.15, 0.2) is 12.5 Å². The van der Waals surface area contributed by atoms with Gasteiger partial charge < -0.3 is 10.7 Å². The molecule has 0 unspecified atom stereocenters. The molecule has 0 aromatic rings. The third-order valence-electron chi connectivity index (χ3n) is 0.238. The molecule has 0 aromatic heterocycles. The number of hydrogen-bond acceptors (Lipinski definition) is 4. The minimum Gasteiger partial charge on any atom is -1.00 e. The van der Waals surface area contributed by atoms with E-state index in [4.69, 9.17) is 9.66 Å². The Morgan fingerprint density at radius 2 is 2.00 bits per heavy atom. The molecule has 0 saturated heterocycles. The molecule has 50 valence electrons. The number of hydrogen-bond donors (Lipinski definition) is 2. The largest absolute Gasteiger partial charge is 1.00 e. The van der Waals surface area contributed by atoms with E-state index in [-0.39, 0.29) is 31.0 Å². The molecule has 0 amide bonds. The predicted octanol–water partition coefficient (Wildman–Crippen LogP) is -3.05. The molecule has 0 rings (SSSR count). The van der Waals surface area contributed by atoms with Gasteiger partial charge in [-0.05, 0) is 0 Å². The molecular formula is C2H5NaO5S. The van der Waals surface area contributed by atoms with Crippen molar-refractivity contribution in [1.29, 1.82) is 0 Å². The summed E-state index contributed by atoms with van der Waals surface area (Å²) >= 11 is 0. The van der Waals surface area contributed by atoms with Crippen molar-refractivity contribution in [1.82, 2.24) is 0 Å². The zero-order valence-corrected chi connectivity index (χ0v) is 7.50. The summed E-state index contributed by atoms with van der Waals surface area (Å²) in [5.74, 6) is 0. The van der Waals surface area contributed by atoms with E-state index in [0.717, 1.165) is 0 Å². The summed E-state index contributed by atoms with van der Waals surface area (Å²) in [6.45, 7) is 0. The van der Waals surface area contributed by atoms with Crippen molar-refractivity contribution in [2.45, 2.75) is 0 Å². The number of aliphatic hydroxyl groups is 1. The van der Waals surface area contributed by atoms with Gasteiger partial charge in [-0.15, -0.1) is 0 Å². The molecule has 0 aliphatic heterocycles. The van der Waals surface area contributed by atoms with Crippen LogP contribution in [0.25, 0.3) is 0 Å². The van der Waals surface area contributed by atoms with Crippen LogP contribution >= 0.6 is 0 Å². The van der Waals surface area contributed by atoms with Crippen LogP contribution in [-0.2, 0) is 14.6 Å². The van der Waals surface area contributed by atoms with Gasteiger partial charge in [0.1, 0.15) is 12.5 Å².